The van der Waals surface area contributed by atoms with Crippen molar-refractivity contribution in [2.45, 2.75) is 25.1 Å². The van der Waals surface area contributed by atoms with E-state index in [4.69, 9.17) is 27.9 Å². The van der Waals surface area contributed by atoms with E-state index >= 15 is 0 Å². The fourth-order valence-corrected chi connectivity index (χ4v) is 4.25. The molecule has 0 fully saturated rings. The van der Waals surface area contributed by atoms with Gasteiger partial charge in [-0.2, -0.15) is 5.11 Å². The lowest BCUT2D eigenvalue weighted by Gasteiger charge is -2.31. The summed E-state index contributed by atoms with van der Waals surface area (Å²) < 4.78 is 18.8. The summed E-state index contributed by atoms with van der Waals surface area (Å²) in [6.45, 7) is 1.83. The fraction of sp³-hybridized carbons (Fsp3) is 0.350. The molecular weight excluding hydrogens is 484 g/mol. The van der Waals surface area contributed by atoms with Crippen LogP contribution in [0.2, 0.25) is 10.0 Å². The zero-order valence-electron chi connectivity index (χ0n) is 17.3. The molecule has 2 atom stereocenters. The quantitative estimate of drug-likeness (QED) is 0.396. The van der Waals surface area contributed by atoms with Crippen molar-refractivity contribution in [2.24, 2.45) is 10.2 Å². The Labute approximate surface area is 197 Å². The average molecular weight is 504 g/mol. The van der Waals surface area contributed by atoms with Gasteiger partial charge in [0.1, 0.15) is 12.0 Å². The highest BCUT2D eigenvalue weighted by molar-refractivity contribution is 8.00. The van der Waals surface area contributed by atoms with Crippen molar-refractivity contribution >= 4 is 52.8 Å². The topological polar surface area (TPSA) is 117 Å². The SMILES string of the molecule is COC(=O)C1=C(CF)NC(CSC(C)N=NC(C)=O)=C(C(=O)O)C1c1cccc(Cl)c1Cl. The molecule has 1 aliphatic rings. The second-order valence-electron chi connectivity index (χ2n) is 6.56. The Morgan fingerprint density at radius 1 is 1.28 bits per heavy atom. The number of thioether (sulfide) groups is 1. The first kappa shape index (κ1) is 25.8. The number of halogens is 3. The number of esters is 1. The van der Waals surface area contributed by atoms with Crippen LogP contribution in [-0.4, -0.2) is 47.9 Å². The van der Waals surface area contributed by atoms with Crippen LogP contribution in [0.5, 0.6) is 0 Å². The number of carboxylic acid groups (broad SMARTS) is 1. The van der Waals surface area contributed by atoms with Gasteiger partial charge >= 0.3 is 11.9 Å². The number of hydrogen-bond acceptors (Lipinski definition) is 7. The normalized spacial score (nSPS) is 17.4. The molecule has 2 N–H and O–H groups in total. The molecule has 0 radical (unpaired) electrons. The number of amides is 1. The Kier molecular flexibility index (Phi) is 9.23. The minimum atomic E-state index is -1.34. The number of nitrogens with zero attached hydrogens (tertiary/aromatic N) is 2. The Bertz CT molecular complexity index is 1030. The molecule has 172 valence electrons. The lowest BCUT2D eigenvalue weighted by Crippen LogP contribution is -2.35. The minimum absolute atomic E-state index is 0.0371. The number of aliphatic carboxylic acids is 1. The molecule has 32 heavy (non-hydrogen) atoms. The third kappa shape index (κ3) is 5.87. The number of dihydropyridines is 1. The smallest absolute Gasteiger partial charge is 0.336 e. The number of rotatable bonds is 8. The molecule has 0 spiro atoms. The number of nitrogens with one attached hydrogen (secondary N) is 1. The number of alkyl halides is 1. The van der Waals surface area contributed by atoms with E-state index in [1.54, 1.807) is 13.0 Å². The van der Waals surface area contributed by atoms with Crippen LogP contribution in [0.25, 0.3) is 0 Å². The van der Waals surface area contributed by atoms with Crippen LogP contribution in [0.15, 0.2) is 51.0 Å². The highest BCUT2D eigenvalue weighted by atomic mass is 35.5. The number of benzene rings is 1. The van der Waals surface area contributed by atoms with E-state index in [2.05, 4.69) is 15.5 Å². The number of carbonyl (C=O) groups is 3. The number of hydrogen-bond donors (Lipinski definition) is 2. The van der Waals surface area contributed by atoms with Gasteiger partial charge in [-0.1, -0.05) is 35.3 Å². The summed E-state index contributed by atoms with van der Waals surface area (Å²) in [5.41, 5.74) is -0.203. The van der Waals surface area contributed by atoms with Gasteiger partial charge in [-0.15, -0.1) is 16.9 Å². The first-order valence-electron chi connectivity index (χ1n) is 9.19. The largest absolute Gasteiger partial charge is 0.478 e. The van der Waals surface area contributed by atoms with Gasteiger partial charge in [0.25, 0.3) is 5.91 Å². The fourth-order valence-electron chi connectivity index (χ4n) is 3.09. The van der Waals surface area contributed by atoms with Gasteiger partial charge in [0.15, 0.2) is 0 Å². The molecule has 0 aliphatic carbocycles. The summed E-state index contributed by atoms with van der Waals surface area (Å²) in [5.74, 6) is -3.90. The van der Waals surface area contributed by atoms with Crippen molar-refractivity contribution in [3.63, 3.8) is 0 Å². The molecule has 1 aromatic rings. The molecule has 0 saturated heterocycles. The zero-order valence-corrected chi connectivity index (χ0v) is 19.6. The Balaban J connectivity index is 2.64. The molecule has 1 aliphatic heterocycles. The lowest BCUT2D eigenvalue weighted by atomic mass is 9.80. The molecule has 12 heteroatoms. The Hall–Kier alpha value is -2.43. The van der Waals surface area contributed by atoms with Crippen molar-refractivity contribution in [1.82, 2.24) is 5.32 Å². The van der Waals surface area contributed by atoms with Crippen LogP contribution in [0, 0.1) is 0 Å². The predicted molar refractivity (Wildman–Crippen MR) is 119 cm³/mol. The van der Waals surface area contributed by atoms with E-state index in [1.165, 1.54) is 19.1 Å². The van der Waals surface area contributed by atoms with Crippen molar-refractivity contribution in [3.05, 3.63) is 56.3 Å². The van der Waals surface area contributed by atoms with Crippen molar-refractivity contribution < 1.29 is 28.6 Å². The monoisotopic (exact) mass is 503 g/mol. The zero-order chi connectivity index (χ0) is 24.0. The van der Waals surface area contributed by atoms with E-state index in [0.717, 1.165) is 18.9 Å². The second-order valence-corrected chi connectivity index (χ2v) is 8.65. The summed E-state index contributed by atoms with van der Waals surface area (Å²) in [4.78, 5) is 35.9. The molecular formula is C20H20Cl2FN3O5S. The summed E-state index contributed by atoms with van der Waals surface area (Å²) in [5, 5.41) is 19.7. The third-order valence-electron chi connectivity index (χ3n) is 4.42. The Morgan fingerprint density at radius 2 is 1.97 bits per heavy atom. The van der Waals surface area contributed by atoms with Gasteiger partial charge < -0.3 is 15.2 Å². The first-order chi connectivity index (χ1) is 15.1. The summed E-state index contributed by atoms with van der Waals surface area (Å²) in [6.07, 6.45) is 0. The molecule has 1 amide bonds. The molecule has 2 rings (SSSR count). The summed E-state index contributed by atoms with van der Waals surface area (Å²) in [7, 11) is 1.11. The van der Waals surface area contributed by atoms with Gasteiger partial charge in [-0.05, 0) is 18.6 Å². The molecule has 1 heterocycles. The highest BCUT2D eigenvalue weighted by Gasteiger charge is 2.40. The molecule has 2 unspecified atom stereocenters. The van der Waals surface area contributed by atoms with Crippen molar-refractivity contribution in [2.75, 3.05) is 19.5 Å². The average Bonchev–Trinajstić information content (AvgIpc) is 2.76. The summed E-state index contributed by atoms with van der Waals surface area (Å²) in [6, 6.07) is 4.57. The minimum Gasteiger partial charge on any atom is -0.478 e. The van der Waals surface area contributed by atoms with Gasteiger partial charge in [-0.3, -0.25) is 4.79 Å². The van der Waals surface area contributed by atoms with Crippen molar-refractivity contribution in [1.29, 1.82) is 0 Å². The number of methoxy groups -OCH3 is 1. The predicted octanol–water partition coefficient (Wildman–Crippen LogP) is 4.49. The molecule has 8 nitrogen and oxygen atoms in total. The Morgan fingerprint density at radius 3 is 2.53 bits per heavy atom. The van der Waals surface area contributed by atoms with Crippen LogP contribution in [0.3, 0.4) is 0 Å². The molecule has 1 aromatic carbocycles. The number of carboxylic acids is 1. The number of azo groups is 1. The van der Waals surface area contributed by atoms with Crippen LogP contribution in [0.4, 0.5) is 4.39 Å². The maximum absolute atomic E-state index is 14.0. The molecule has 0 saturated carbocycles. The first-order valence-corrected chi connectivity index (χ1v) is 11.0. The third-order valence-corrected chi connectivity index (χ3v) is 6.29. The maximum Gasteiger partial charge on any atom is 0.336 e. The summed E-state index contributed by atoms with van der Waals surface area (Å²) >= 11 is 13.6. The van der Waals surface area contributed by atoms with E-state index < -0.39 is 35.8 Å². The van der Waals surface area contributed by atoms with Crippen LogP contribution in [0.1, 0.15) is 25.3 Å². The number of ether oxygens (including phenoxy) is 1. The van der Waals surface area contributed by atoms with Gasteiger partial charge in [0.05, 0.1) is 39.9 Å². The van der Waals surface area contributed by atoms with Crippen LogP contribution in [-0.2, 0) is 19.1 Å². The number of allylic oxidation sites excluding steroid dienone is 1. The standard InChI is InChI=1S/C20H20Cl2FN3O5S/c1-9(27)25-26-10(2)32-8-14-16(19(28)29)15(11-5-4-6-12(21)18(11)22)17(20(30)31-3)13(7-23)24-14/h4-6,10,15,24H,7-8H2,1-3H3,(H,28,29). The second kappa shape index (κ2) is 11.4. The van der Waals surface area contributed by atoms with Crippen molar-refractivity contribution in [3.8, 4) is 0 Å². The van der Waals surface area contributed by atoms with Crippen LogP contribution >= 0.6 is 35.0 Å². The lowest BCUT2D eigenvalue weighted by molar-refractivity contribution is -0.136. The number of carbonyl (C=O) groups excluding carboxylic acids is 2. The van der Waals surface area contributed by atoms with E-state index in [1.807, 2.05) is 0 Å². The maximum atomic E-state index is 14.0. The van der Waals surface area contributed by atoms with Gasteiger partial charge in [0.2, 0.25) is 0 Å². The van der Waals surface area contributed by atoms with Gasteiger partial charge in [-0.25, -0.2) is 14.0 Å². The van der Waals surface area contributed by atoms with E-state index in [0.29, 0.717) is 0 Å². The van der Waals surface area contributed by atoms with E-state index in [-0.39, 0.29) is 43.9 Å². The van der Waals surface area contributed by atoms with Gasteiger partial charge in [0, 0.05) is 18.4 Å². The van der Waals surface area contributed by atoms with E-state index in [9.17, 15) is 23.9 Å². The highest BCUT2D eigenvalue weighted by Crippen LogP contribution is 2.43. The molecule has 0 aromatic heterocycles. The molecule has 0 bridgehead atoms. The van der Waals surface area contributed by atoms with Crippen LogP contribution < -0.4 is 5.32 Å².